The van der Waals surface area contributed by atoms with Crippen LogP contribution in [-0.2, 0) is 4.74 Å². The van der Waals surface area contributed by atoms with Gasteiger partial charge in [0.05, 0.1) is 0 Å². The maximum Gasteiger partial charge on any atom is 0.410 e. The number of benzene rings is 1. The fourth-order valence-corrected chi connectivity index (χ4v) is 3.58. The maximum absolute atomic E-state index is 12.3. The predicted molar refractivity (Wildman–Crippen MR) is 117 cm³/mol. The molecule has 1 aromatic carbocycles. The quantitative estimate of drug-likeness (QED) is 0.695. The van der Waals surface area contributed by atoms with Gasteiger partial charge in [-0.25, -0.2) is 14.3 Å². The monoisotopic (exact) mass is 422 g/mol. The number of imidazole rings is 1. The van der Waals surface area contributed by atoms with Crippen molar-refractivity contribution in [1.29, 1.82) is 0 Å². The van der Waals surface area contributed by atoms with E-state index in [1.165, 1.54) is 4.52 Å². The van der Waals surface area contributed by atoms with Gasteiger partial charge in [0.2, 0.25) is 0 Å². The van der Waals surface area contributed by atoms with E-state index in [2.05, 4.69) is 15.0 Å². The van der Waals surface area contributed by atoms with Gasteiger partial charge < -0.3 is 20.3 Å². The number of carbonyl (C=O) groups excluding carboxylic acids is 2. The van der Waals surface area contributed by atoms with Crippen LogP contribution in [0, 0.1) is 0 Å². The number of anilines is 1. The fourth-order valence-electron chi connectivity index (χ4n) is 3.58. The Morgan fingerprint density at radius 2 is 1.74 bits per heavy atom. The number of fused-ring (bicyclic) bond motifs is 1. The standard InChI is InChI=1S/C22H26N6O3/c1-22(2,3)31-21(30)27-12-10-26(11-13-27)16-6-4-15(5-7-16)17-14-18-24-8-9-28(18)25-19(17)20(23)29/h4-9,14H,10-13H2,1-3H3,(H2,23,29). The van der Waals surface area contributed by atoms with Gasteiger partial charge in [0.15, 0.2) is 11.3 Å². The number of aromatic nitrogens is 3. The summed E-state index contributed by atoms with van der Waals surface area (Å²) in [7, 11) is 0. The van der Waals surface area contributed by atoms with Gasteiger partial charge in [0, 0.05) is 49.8 Å². The number of ether oxygens (including phenoxy) is 1. The normalized spacial score (nSPS) is 14.7. The summed E-state index contributed by atoms with van der Waals surface area (Å²) in [4.78, 5) is 32.4. The van der Waals surface area contributed by atoms with Gasteiger partial charge in [0.25, 0.3) is 5.91 Å². The first-order valence-electron chi connectivity index (χ1n) is 10.2. The molecule has 9 heteroatoms. The van der Waals surface area contributed by atoms with Crippen molar-refractivity contribution >= 4 is 23.3 Å². The minimum absolute atomic E-state index is 0.198. The summed E-state index contributed by atoms with van der Waals surface area (Å²) < 4.78 is 6.99. The lowest BCUT2D eigenvalue weighted by Crippen LogP contribution is -2.50. The molecule has 3 aromatic rings. The molecular formula is C22H26N6O3. The number of hydrogen-bond acceptors (Lipinski definition) is 6. The molecule has 4 rings (SSSR count). The van der Waals surface area contributed by atoms with Crippen LogP contribution < -0.4 is 10.6 Å². The van der Waals surface area contributed by atoms with Crippen LogP contribution in [0.1, 0.15) is 31.3 Å². The molecular weight excluding hydrogens is 396 g/mol. The highest BCUT2D eigenvalue weighted by atomic mass is 16.6. The van der Waals surface area contributed by atoms with Crippen molar-refractivity contribution in [3.8, 4) is 11.1 Å². The second-order valence-electron chi connectivity index (χ2n) is 8.50. The molecule has 2 amide bonds. The molecule has 0 bridgehead atoms. The van der Waals surface area contributed by atoms with Crippen molar-refractivity contribution in [2.45, 2.75) is 26.4 Å². The van der Waals surface area contributed by atoms with Crippen molar-refractivity contribution in [3.05, 3.63) is 48.4 Å². The lowest BCUT2D eigenvalue weighted by Gasteiger charge is -2.36. The number of hydrogen-bond donors (Lipinski definition) is 1. The molecule has 2 aromatic heterocycles. The largest absolute Gasteiger partial charge is 0.444 e. The van der Waals surface area contributed by atoms with Gasteiger partial charge >= 0.3 is 6.09 Å². The number of rotatable bonds is 3. The summed E-state index contributed by atoms with van der Waals surface area (Å²) in [6.07, 6.45) is 3.02. The summed E-state index contributed by atoms with van der Waals surface area (Å²) in [6, 6.07) is 9.69. The molecule has 1 saturated heterocycles. The first-order valence-corrected chi connectivity index (χ1v) is 10.2. The highest BCUT2D eigenvalue weighted by molar-refractivity contribution is 5.98. The average Bonchev–Trinajstić information content (AvgIpc) is 3.19. The van der Waals surface area contributed by atoms with Gasteiger partial charge in [-0.15, -0.1) is 0 Å². The van der Waals surface area contributed by atoms with Gasteiger partial charge in [0.1, 0.15) is 5.60 Å². The predicted octanol–water partition coefficient (Wildman–Crippen LogP) is 2.55. The highest BCUT2D eigenvalue weighted by Crippen LogP contribution is 2.27. The molecule has 9 nitrogen and oxygen atoms in total. The molecule has 1 fully saturated rings. The highest BCUT2D eigenvalue weighted by Gasteiger charge is 2.26. The van der Waals surface area contributed by atoms with Crippen molar-refractivity contribution in [3.63, 3.8) is 0 Å². The van der Waals surface area contributed by atoms with Crippen LogP contribution in [-0.4, -0.2) is 63.3 Å². The Balaban J connectivity index is 1.49. The van der Waals surface area contributed by atoms with Gasteiger partial charge in [-0.3, -0.25) is 4.79 Å². The van der Waals surface area contributed by atoms with Gasteiger partial charge in [-0.1, -0.05) is 12.1 Å². The van der Waals surface area contributed by atoms with Crippen LogP contribution in [0.3, 0.4) is 0 Å². The molecule has 2 N–H and O–H groups in total. The average molecular weight is 422 g/mol. The number of nitrogens with zero attached hydrogens (tertiary/aromatic N) is 5. The van der Waals surface area contributed by atoms with Crippen LogP contribution in [0.2, 0.25) is 0 Å². The second-order valence-corrected chi connectivity index (χ2v) is 8.50. The Hall–Kier alpha value is -3.62. The van der Waals surface area contributed by atoms with E-state index in [0.717, 1.165) is 11.3 Å². The van der Waals surface area contributed by atoms with E-state index in [9.17, 15) is 9.59 Å². The Morgan fingerprint density at radius 1 is 1.06 bits per heavy atom. The minimum Gasteiger partial charge on any atom is -0.444 e. The molecule has 31 heavy (non-hydrogen) atoms. The fraction of sp³-hybridized carbons (Fsp3) is 0.364. The third-order valence-corrected chi connectivity index (χ3v) is 5.09. The first-order chi connectivity index (χ1) is 14.7. The molecule has 0 unspecified atom stereocenters. The Bertz CT molecular complexity index is 1110. The second kappa shape index (κ2) is 7.90. The zero-order valence-corrected chi connectivity index (χ0v) is 17.9. The maximum atomic E-state index is 12.3. The number of piperazine rings is 1. The summed E-state index contributed by atoms with van der Waals surface area (Å²) in [6.45, 7) is 8.23. The molecule has 0 spiro atoms. The van der Waals surface area contributed by atoms with Gasteiger partial charge in [-0.05, 0) is 44.5 Å². The molecule has 1 aliphatic rings. The number of carbonyl (C=O) groups is 2. The van der Waals surface area contributed by atoms with Crippen molar-refractivity contribution < 1.29 is 14.3 Å². The molecule has 0 saturated carbocycles. The van der Waals surface area contributed by atoms with E-state index in [-0.39, 0.29) is 11.8 Å². The Kier molecular flexibility index (Phi) is 5.26. The van der Waals surface area contributed by atoms with Crippen molar-refractivity contribution in [1.82, 2.24) is 19.5 Å². The van der Waals surface area contributed by atoms with Crippen molar-refractivity contribution in [2.75, 3.05) is 31.1 Å². The number of nitrogens with two attached hydrogens (primary N) is 1. The molecule has 0 atom stereocenters. The Labute approximate surface area is 180 Å². The number of primary amides is 1. The van der Waals surface area contributed by atoms with E-state index in [1.807, 2.05) is 51.1 Å². The lowest BCUT2D eigenvalue weighted by molar-refractivity contribution is 0.0240. The van der Waals surface area contributed by atoms with Crippen LogP contribution in [0.25, 0.3) is 16.8 Å². The SMILES string of the molecule is CC(C)(C)OC(=O)N1CCN(c2ccc(-c3cc4nccn4nc3C(N)=O)cc2)CC1. The zero-order valence-electron chi connectivity index (χ0n) is 17.9. The molecule has 1 aliphatic heterocycles. The van der Waals surface area contributed by atoms with E-state index in [1.54, 1.807) is 17.3 Å². The molecule has 162 valence electrons. The van der Waals surface area contributed by atoms with E-state index in [0.29, 0.717) is 37.4 Å². The third-order valence-electron chi connectivity index (χ3n) is 5.09. The lowest BCUT2D eigenvalue weighted by atomic mass is 10.0. The van der Waals surface area contributed by atoms with Crippen molar-refractivity contribution in [2.24, 2.45) is 5.73 Å². The van der Waals surface area contributed by atoms with Crippen LogP contribution in [0.4, 0.5) is 10.5 Å². The minimum atomic E-state index is -0.590. The van der Waals surface area contributed by atoms with E-state index < -0.39 is 11.5 Å². The van der Waals surface area contributed by atoms with E-state index >= 15 is 0 Å². The zero-order chi connectivity index (χ0) is 22.2. The summed E-state index contributed by atoms with van der Waals surface area (Å²) in [5, 5.41) is 4.29. The Morgan fingerprint density at radius 3 is 2.35 bits per heavy atom. The molecule has 0 radical (unpaired) electrons. The molecule has 3 heterocycles. The topological polar surface area (TPSA) is 106 Å². The number of amides is 2. The summed E-state index contributed by atoms with van der Waals surface area (Å²) >= 11 is 0. The van der Waals surface area contributed by atoms with Crippen LogP contribution in [0.15, 0.2) is 42.7 Å². The smallest absolute Gasteiger partial charge is 0.410 e. The van der Waals surface area contributed by atoms with Gasteiger partial charge in [-0.2, -0.15) is 5.10 Å². The summed E-state index contributed by atoms with van der Waals surface area (Å²) in [5.74, 6) is -0.590. The third kappa shape index (κ3) is 4.45. The summed E-state index contributed by atoms with van der Waals surface area (Å²) in [5.41, 5.74) is 8.42. The van der Waals surface area contributed by atoms with Crippen LogP contribution in [0.5, 0.6) is 0 Å². The first kappa shape index (κ1) is 20.6. The van der Waals surface area contributed by atoms with Crippen LogP contribution >= 0.6 is 0 Å². The molecule has 0 aliphatic carbocycles. The van der Waals surface area contributed by atoms with E-state index in [4.69, 9.17) is 10.5 Å².